The molecule has 30 heavy (non-hydrogen) atoms. The molecule has 0 spiro atoms. The number of piperazine rings is 1. The molecule has 11 heteroatoms. The van der Waals surface area contributed by atoms with Crippen molar-refractivity contribution in [3.63, 3.8) is 0 Å². The van der Waals surface area contributed by atoms with E-state index in [2.05, 4.69) is 32.1 Å². The van der Waals surface area contributed by atoms with Gasteiger partial charge in [-0.2, -0.15) is 4.98 Å². The number of amides is 1. The summed E-state index contributed by atoms with van der Waals surface area (Å²) in [5.74, 6) is 0.856. The van der Waals surface area contributed by atoms with Gasteiger partial charge in [0.1, 0.15) is 18.5 Å². The average Bonchev–Trinajstić information content (AvgIpc) is 3.15. The minimum absolute atomic E-state index is 0.212. The Balaban J connectivity index is 1.86. The van der Waals surface area contributed by atoms with Crippen LogP contribution in [0.2, 0.25) is 0 Å². The van der Waals surface area contributed by atoms with Crippen molar-refractivity contribution in [1.82, 2.24) is 19.8 Å². The van der Waals surface area contributed by atoms with Crippen molar-refractivity contribution in [3.8, 4) is 5.88 Å². The molecule has 3 heterocycles. The molecular formula is C19H28N6O3S2. The summed E-state index contributed by atoms with van der Waals surface area (Å²) in [7, 11) is 6.04. The van der Waals surface area contributed by atoms with E-state index in [1.165, 1.54) is 24.5 Å². The van der Waals surface area contributed by atoms with Gasteiger partial charge in [0.25, 0.3) is 10.9 Å². The van der Waals surface area contributed by atoms with Crippen LogP contribution in [0.3, 0.4) is 0 Å². The molecule has 0 aromatic carbocycles. The molecule has 1 aliphatic rings. The van der Waals surface area contributed by atoms with Gasteiger partial charge in [-0.05, 0) is 21.1 Å². The Bertz CT molecular complexity index is 855. The van der Waals surface area contributed by atoms with Gasteiger partial charge in [-0.3, -0.25) is 4.79 Å². The number of carbonyl (C=O) groups excluding carboxylic acids is 1. The quantitative estimate of drug-likeness (QED) is 0.600. The maximum atomic E-state index is 13.2. The van der Waals surface area contributed by atoms with Gasteiger partial charge in [0, 0.05) is 61.6 Å². The predicted molar refractivity (Wildman–Crippen MR) is 119 cm³/mol. The molecule has 1 unspecified atom stereocenters. The normalized spacial score (nSPS) is 16.0. The molecular weight excluding hydrogens is 424 g/mol. The third-order valence-corrected chi connectivity index (χ3v) is 6.81. The molecule has 0 bridgehead atoms. The summed E-state index contributed by atoms with van der Waals surface area (Å²) < 4.78 is 19.1. The van der Waals surface area contributed by atoms with Crippen LogP contribution in [0, 0.1) is 0 Å². The highest BCUT2D eigenvalue weighted by atomic mass is 32.2. The molecule has 164 valence electrons. The Morgan fingerprint density at radius 1 is 1.33 bits per heavy atom. The monoisotopic (exact) mass is 452 g/mol. The number of nitrogens with zero attached hydrogens (tertiary/aromatic N) is 5. The van der Waals surface area contributed by atoms with Crippen LogP contribution < -0.4 is 15.0 Å². The predicted octanol–water partition coefficient (Wildman–Crippen LogP) is 1.36. The molecule has 0 saturated carbocycles. The van der Waals surface area contributed by atoms with E-state index in [0.717, 1.165) is 32.7 Å². The maximum Gasteiger partial charge on any atom is 0.272 e. The average molecular weight is 453 g/mol. The molecule has 2 aromatic rings. The highest BCUT2D eigenvalue weighted by molar-refractivity contribution is 7.91. The van der Waals surface area contributed by atoms with Crippen LogP contribution in [0.4, 0.5) is 11.5 Å². The SMILES string of the molecule is CC(=O)Nc1cscc1[S+]([O-])c1cnc(N2CCN(C)CC2)c(OCCN(C)C)n1. The van der Waals surface area contributed by atoms with Gasteiger partial charge >= 0.3 is 0 Å². The Labute approximate surface area is 184 Å². The molecule has 1 saturated heterocycles. The van der Waals surface area contributed by atoms with Crippen molar-refractivity contribution in [2.45, 2.75) is 16.8 Å². The summed E-state index contributed by atoms with van der Waals surface area (Å²) in [5.41, 5.74) is 0.533. The minimum atomic E-state index is -1.58. The lowest BCUT2D eigenvalue weighted by molar-refractivity contribution is -0.114. The zero-order valence-electron chi connectivity index (χ0n) is 17.8. The Hall–Kier alpha value is -1.92. The van der Waals surface area contributed by atoms with Crippen molar-refractivity contribution in [3.05, 3.63) is 17.0 Å². The molecule has 1 N–H and O–H groups in total. The van der Waals surface area contributed by atoms with Gasteiger partial charge in [-0.25, -0.2) is 4.98 Å². The van der Waals surface area contributed by atoms with Gasteiger partial charge in [-0.15, -0.1) is 11.3 Å². The topological polar surface area (TPSA) is 96.9 Å². The summed E-state index contributed by atoms with van der Waals surface area (Å²) in [6.45, 7) is 6.13. The van der Waals surface area contributed by atoms with Gasteiger partial charge in [-0.1, -0.05) is 0 Å². The van der Waals surface area contributed by atoms with Crippen LogP contribution >= 0.6 is 11.3 Å². The minimum Gasteiger partial charge on any atom is -0.605 e. The van der Waals surface area contributed by atoms with Crippen LogP contribution in [0.15, 0.2) is 26.9 Å². The van der Waals surface area contributed by atoms with E-state index in [0.29, 0.717) is 33.9 Å². The Kier molecular flexibility index (Phi) is 7.89. The summed E-state index contributed by atoms with van der Waals surface area (Å²) in [6, 6.07) is 0. The highest BCUT2D eigenvalue weighted by Gasteiger charge is 2.27. The van der Waals surface area contributed by atoms with Crippen molar-refractivity contribution in [2.75, 3.05) is 70.7 Å². The molecule has 9 nitrogen and oxygen atoms in total. The second-order valence-corrected chi connectivity index (χ2v) is 9.52. The number of aromatic nitrogens is 2. The van der Waals surface area contributed by atoms with Crippen molar-refractivity contribution in [2.24, 2.45) is 0 Å². The molecule has 1 atom stereocenters. The van der Waals surface area contributed by atoms with E-state index in [1.54, 1.807) is 10.8 Å². The van der Waals surface area contributed by atoms with Crippen LogP contribution in [0.25, 0.3) is 0 Å². The first-order valence-corrected chi connectivity index (χ1v) is 11.8. The van der Waals surface area contributed by atoms with E-state index in [4.69, 9.17) is 4.74 Å². The first-order chi connectivity index (χ1) is 14.3. The molecule has 0 aliphatic carbocycles. The lowest BCUT2D eigenvalue weighted by Crippen LogP contribution is -2.45. The number of anilines is 2. The lowest BCUT2D eigenvalue weighted by Gasteiger charge is -2.33. The fourth-order valence-corrected chi connectivity index (χ4v) is 5.00. The zero-order valence-corrected chi connectivity index (χ0v) is 19.4. The number of rotatable bonds is 8. The van der Waals surface area contributed by atoms with Gasteiger partial charge in [0.15, 0.2) is 10.7 Å². The molecule has 0 radical (unpaired) electrons. The van der Waals surface area contributed by atoms with Crippen molar-refractivity contribution >= 4 is 39.9 Å². The van der Waals surface area contributed by atoms with E-state index in [-0.39, 0.29) is 5.91 Å². The first kappa shape index (κ1) is 22.8. The van der Waals surface area contributed by atoms with E-state index in [9.17, 15) is 9.35 Å². The second-order valence-electron chi connectivity index (χ2n) is 7.38. The Morgan fingerprint density at radius 2 is 2.07 bits per heavy atom. The zero-order chi connectivity index (χ0) is 21.7. The third-order valence-electron chi connectivity index (χ3n) is 4.61. The number of nitrogens with one attached hydrogen (secondary N) is 1. The summed E-state index contributed by atoms with van der Waals surface area (Å²) in [6.07, 6.45) is 1.54. The van der Waals surface area contributed by atoms with E-state index >= 15 is 0 Å². The largest absolute Gasteiger partial charge is 0.605 e. The number of hydrogen-bond donors (Lipinski definition) is 1. The fraction of sp³-hybridized carbons (Fsp3) is 0.526. The molecule has 3 rings (SSSR count). The molecule has 1 fully saturated rings. The van der Waals surface area contributed by atoms with Crippen LogP contribution in [-0.4, -0.2) is 90.7 Å². The fourth-order valence-electron chi connectivity index (χ4n) is 2.92. The Morgan fingerprint density at radius 3 is 2.73 bits per heavy atom. The van der Waals surface area contributed by atoms with Gasteiger partial charge in [0.05, 0.1) is 0 Å². The number of carbonyl (C=O) groups is 1. The van der Waals surface area contributed by atoms with E-state index < -0.39 is 11.2 Å². The maximum absolute atomic E-state index is 13.2. The first-order valence-electron chi connectivity index (χ1n) is 9.68. The highest BCUT2D eigenvalue weighted by Crippen LogP contribution is 2.33. The molecule has 1 amide bonds. The number of thiophene rings is 1. The van der Waals surface area contributed by atoms with Crippen molar-refractivity contribution < 1.29 is 14.1 Å². The third kappa shape index (κ3) is 5.82. The number of hydrogen-bond acceptors (Lipinski definition) is 9. The molecule has 1 aliphatic heterocycles. The van der Waals surface area contributed by atoms with E-state index in [1.807, 2.05) is 19.0 Å². The number of ether oxygens (including phenoxy) is 1. The van der Waals surface area contributed by atoms with Crippen LogP contribution in [0.5, 0.6) is 5.88 Å². The van der Waals surface area contributed by atoms with Crippen LogP contribution in [-0.2, 0) is 16.0 Å². The van der Waals surface area contributed by atoms with Crippen LogP contribution in [0.1, 0.15) is 6.92 Å². The van der Waals surface area contributed by atoms with Gasteiger partial charge < -0.3 is 29.3 Å². The van der Waals surface area contributed by atoms with Crippen molar-refractivity contribution in [1.29, 1.82) is 0 Å². The molecule has 2 aromatic heterocycles. The smallest absolute Gasteiger partial charge is 0.272 e. The van der Waals surface area contributed by atoms with Gasteiger partial charge in [0.2, 0.25) is 5.91 Å². The number of likely N-dealkylation sites (N-methyl/N-ethyl adjacent to an activating group) is 2. The summed E-state index contributed by atoms with van der Waals surface area (Å²) >= 11 is -0.209. The summed E-state index contributed by atoms with van der Waals surface area (Å²) in [5, 5.41) is 6.53. The summed E-state index contributed by atoms with van der Waals surface area (Å²) in [4.78, 5) is 27.5. The second kappa shape index (κ2) is 10.4. The standard InChI is InChI=1S/C19H28N6O3S2/c1-14(26)21-15-12-29-13-16(15)30(27)17-11-20-18(25-7-5-24(4)6-8-25)19(22-17)28-10-9-23(2)3/h11-13H,5-10H2,1-4H3,(H,21,26). The lowest BCUT2D eigenvalue weighted by atomic mass is 10.3.